The van der Waals surface area contributed by atoms with E-state index in [2.05, 4.69) is 24.9 Å². The van der Waals surface area contributed by atoms with Crippen molar-refractivity contribution in [3.8, 4) is 0 Å². The number of rotatable bonds is 7. The van der Waals surface area contributed by atoms with Gasteiger partial charge >= 0.3 is 0 Å². The van der Waals surface area contributed by atoms with Crippen molar-refractivity contribution in [3.63, 3.8) is 0 Å². The van der Waals surface area contributed by atoms with Crippen molar-refractivity contribution in [1.82, 2.24) is 19.6 Å². The molecule has 1 unspecified atom stereocenters. The van der Waals surface area contributed by atoms with Crippen LogP contribution < -0.4 is 10.0 Å². The zero-order valence-corrected chi connectivity index (χ0v) is 15.5. The molecule has 3 heterocycles. The van der Waals surface area contributed by atoms with Gasteiger partial charge < -0.3 is 10.1 Å². The van der Waals surface area contributed by atoms with Crippen molar-refractivity contribution in [3.05, 3.63) is 18.0 Å². The Morgan fingerprint density at radius 2 is 1.96 bits per heavy atom. The molecule has 9 heteroatoms. The number of ether oxygens (including phenoxy) is 1. The van der Waals surface area contributed by atoms with Gasteiger partial charge in [0.1, 0.15) is 0 Å². The predicted molar refractivity (Wildman–Crippen MR) is 95.8 cm³/mol. The Labute approximate surface area is 149 Å². The molecular formula is C16H27N5O3S. The highest BCUT2D eigenvalue weighted by Crippen LogP contribution is 2.15. The minimum Gasteiger partial charge on any atom is -0.376 e. The lowest BCUT2D eigenvalue weighted by Gasteiger charge is -2.31. The Morgan fingerprint density at radius 1 is 1.24 bits per heavy atom. The van der Waals surface area contributed by atoms with Crippen LogP contribution in [0.3, 0.4) is 0 Å². The molecular weight excluding hydrogens is 342 g/mol. The Balaban J connectivity index is 1.41. The Bertz CT molecular complexity index is 638. The monoisotopic (exact) mass is 369 g/mol. The summed E-state index contributed by atoms with van der Waals surface area (Å²) in [5.41, 5.74) is 1.07. The van der Waals surface area contributed by atoms with E-state index in [1.165, 1.54) is 6.26 Å². The second-order valence-corrected chi connectivity index (χ2v) is 8.65. The molecule has 2 aliphatic heterocycles. The van der Waals surface area contributed by atoms with Crippen LogP contribution in [0.2, 0.25) is 0 Å². The molecule has 1 atom stereocenters. The first-order valence-electron chi connectivity index (χ1n) is 8.84. The summed E-state index contributed by atoms with van der Waals surface area (Å²) in [6, 6.07) is 0.0480. The summed E-state index contributed by atoms with van der Waals surface area (Å²) in [4.78, 5) is 11.0. The molecule has 1 aromatic rings. The summed E-state index contributed by atoms with van der Waals surface area (Å²) in [5.74, 6) is 0.635. The molecule has 0 radical (unpaired) electrons. The summed E-state index contributed by atoms with van der Waals surface area (Å²) in [7, 11) is -3.12. The normalized spacial score (nSPS) is 23.0. The molecule has 2 aliphatic rings. The fourth-order valence-corrected chi connectivity index (χ4v) is 4.15. The molecule has 8 nitrogen and oxygen atoms in total. The first-order chi connectivity index (χ1) is 12.0. The summed E-state index contributed by atoms with van der Waals surface area (Å²) < 4.78 is 30.8. The van der Waals surface area contributed by atoms with E-state index in [1.54, 1.807) is 0 Å². The van der Waals surface area contributed by atoms with Crippen LogP contribution in [0.4, 0.5) is 5.95 Å². The third kappa shape index (κ3) is 6.18. The maximum atomic E-state index is 11.3. The van der Waals surface area contributed by atoms with E-state index in [9.17, 15) is 8.42 Å². The van der Waals surface area contributed by atoms with Gasteiger partial charge in [0, 0.05) is 56.8 Å². The molecule has 0 aliphatic carbocycles. The van der Waals surface area contributed by atoms with Gasteiger partial charge in [0.25, 0.3) is 0 Å². The molecule has 2 saturated heterocycles. The summed E-state index contributed by atoms with van der Waals surface area (Å²) >= 11 is 0. The van der Waals surface area contributed by atoms with Crippen LogP contribution in [0.25, 0.3) is 0 Å². The van der Waals surface area contributed by atoms with Crippen LogP contribution in [0.5, 0.6) is 0 Å². The molecule has 2 N–H and O–H groups in total. The van der Waals surface area contributed by atoms with Crippen molar-refractivity contribution in [2.24, 2.45) is 0 Å². The van der Waals surface area contributed by atoms with E-state index < -0.39 is 10.0 Å². The standard InChI is InChI=1S/C16H27N5O3S/c1-25(22,23)20-14-4-6-21(7-5-14)12-13-9-17-16(18-10-13)19-11-15-3-2-8-24-15/h9-10,14-15,20H,2-8,11-12H2,1H3,(H,17,18,19). The van der Waals surface area contributed by atoms with Gasteiger partial charge in [0.15, 0.2) is 0 Å². The van der Waals surface area contributed by atoms with Crippen LogP contribution in [-0.2, 0) is 21.3 Å². The maximum absolute atomic E-state index is 11.3. The highest BCUT2D eigenvalue weighted by Gasteiger charge is 2.21. The van der Waals surface area contributed by atoms with Gasteiger partial charge in [-0.15, -0.1) is 0 Å². The number of anilines is 1. The molecule has 0 spiro atoms. The third-order valence-electron chi connectivity index (χ3n) is 4.59. The third-order valence-corrected chi connectivity index (χ3v) is 5.35. The number of nitrogens with zero attached hydrogens (tertiary/aromatic N) is 3. The summed E-state index contributed by atoms with van der Waals surface area (Å²) in [5, 5.41) is 3.22. The molecule has 25 heavy (non-hydrogen) atoms. The number of hydrogen-bond acceptors (Lipinski definition) is 7. The van der Waals surface area contributed by atoms with Crippen LogP contribution in [0.15, 0.2) is 12.4 Å². The fourth-order valence-electron chi connectivity index (χ4n) is 3.31. The number of nitrogens with one attached hydrogen (secondary N) is 2. The molecule has 140 valence electrons. The van der Waals surface area contributed by atoms with Crippen molar-refractivity contribution < 1.29 is 13.2 Å². The van der Waals surface area contributed by atoms with Gasteiger partial charge in [0.2, 0.25) is 16.0 Å². The molecule has 0 aromatic carbocycles. The number of aromatic nitrogens is 2. The second kappa shape index (κ2) is 8.39. The Morgan fingerprint density at radius 3 is 2.56 bits per heavy atom. The van der Waals surface area contributed by atoms with E-state index in [0.717, 1.165) is 64.0 Å². The van der Waals surface area contributed by atoms with Gasteiger partial charge in [0.05, 0.1) is 12.4 Å². The van der Waals surface area contributed by atoms with Crippen molar-refractivity contribution in [1.29, 1.82) is 0 Å². The average molecular weight is 369 g/mol. The van der Waals surface area contributed by atoms with E-state index in [0.29, 0.717) is 5.95 Å². The minimum atomic E-state index is -3.12. The van der Waals surface area contributed by atoms with Gasteiger partial charge in [-0.3, -0.25) is 4.90 Å². The van der Waals surface area contributed by atoms with Gasteiger partial charge in [-0.05, 0) is 25.7 Å². The van der Waals surface area contributed by atoms with E-state index in [4.69, 9.17) is 4.74 Å². The van der Waals surface area contributed by atoms with Crippen LogP contribution >= 0.6 is 0 Å². The molecule has 0 saturated carbocycles. The number of likely N-dealkylation sites (tertiary alicyclic amines) is 1. The lowest BCUT2D eigenvalue weighted by Crippen LogP contribution is -2.43. The van der Waals surface area contributed by atoms with E-state index in [-0.39, 0.29) is 12.1 Å². The van der Waals surface area contributed by atoms with Gasteiger partial charge in [-0.25, -0.2) is 23.1 Å². The van der Waals surface area contributed by atoms with Crippen molar-refractivity contribution in [2.45, 2.75) is 44.4 Å². The highest BCUT2D eigenvalue weighted by molar-refractivity contribution is 7.88. The molecule has 3 rings (SSSR count). The van der Waals surface area contributed by atoms with E-state index in [1.807, 2.05) is 12.4 Å². The largest absolute Gasteiger partial charge is 0.376 e. The summed E-state index contributed by atoms with van der Waals surface area (Å²) in [6.07, 6.45) is 9.06. The summed E-state index contributed by atoms with van der Waals surface area (Å²) in [6.45, 7) is 4.12. The zero-order chi connectivity index (χ0) is 17.7. The van der Waals surface area contributed by atoms with Gasteiger partial charge in [-0.2, -0.15) is 0 Å². The topological polar surface area (TPSA) is 96.5 Å². The first kappa shape index (κ1) is 18.5. The SMILES string of the molecule is CS(=O)(=O)NC1CCN(Cc2cnc(NCC3CCCO3)nc2)CC1. The number of sulfonamides is 1. The lowest BCUT2D eigenvalue weighted by molar-refractivity contribution is 0.120. The quantitative estimate of drug-likeness (QED) is 0.726. The second-order valence-electron chi connectivity index (χ2n) is 6.87. The van der Waals surface area contributed by atoms with Crippen molar-refractivity contribution in [2.75, 3.05) is 37.8 Å². The Hall–Kier alpha value is -1.29. The zero-order valence-electron chi connectivity index (χ0n) is 14.6. The van der Waals surface area contributed by atoms with Gasteiger partial charge in [-0.1, -0.05) is 0 Å². The number of hydrogen-bond donors (Lipinski definition) is 2. The maximum Gasteiger partial charge on any atom is 0.222 e. The highest BCUT2D eigenvalue weighted by atomic mass is 32.2. The van der Waals surface area contributed by atoms with E-state index >= 15 is 0 Å². The average Bonchev–Trinajstić information content (AvgIpc) is 3.08. The lowest BCUT2D eigenvalue weighted by atomic mass is 10.1. The predicted octanol–water partition coefficient (Wildman–Crippen LogP) is 0.581. The van der Waals surface area contributed by atoms with Crippen LogP contribution in [0, 0.1) is 0 Å². The minimum absolute atomic E-state index is 0.0480. The van der Waals surface area contributed by atoms with Crippen LogP contribution in [0.1, 0.15) is 31.2 Å². The molecule has 1 aromatic heterocycles. The first-order valence-corrected chi connectivity index (χ1v) is 10.7. The molecule has 0 bridgehead atoms. The number of piperidine rings is 1. The molecule has 2 fully saturated rings. The van der Waals surface area contributed by atoms with Crippen LogP contribution in [-0.4, -0.2) is 67.9 Å². The fraction of sp³-hybridized carbons (Fsp3) is 0.750. The smallest absolute Gasteiger partial charge is 0.222 e. The Kier molecular flexibility index (Phi) is 6.21. The van der Waals surface area contributed by atoms with Crippen molar-refractivity contribution >= 4 is 16.0 Å². The molecule has 0 amide bonds.